The molecule has 0 saturated carbocycles. The second kappa shape index (κ2) is 9.11. The Labute approximate surface area is 174 Å². The number of nitrogens with one attached hydrogen (secondary N) is 3. The van der Waals surface area contributed by atoms with Crippen LogP contribution in [0.2, 0.25) is 0 Å². The molecular formula is C20H16F3N5O3. The van der Waals surface area contributed by atoms with Crippen LogP contribution in [0.5, 0.6) is 0 Å². The van der Waals surface area contributed by atoms with Crippen molar-refractivity contribution in [1.29, 1.82) is 0 Å². The SMILES string of the molecule is O=C(O)Nc1cc(NC(=O)c2cccnc2NCc2ccncc2)cc(C(F)(F)F)c1. The summed E-state index contributed by atoms with van der Waals surface area (Å²) >= 11 is 0. The molecule has 0 aliphatic carbocycles. The highest BCUT2D eigenvalue weighted by molar-refractivity contribution is 6.07. The summed E-state index contributed by atoms with van der Waals surface area (Å²) in [5.74, 6) is -0.487. The van der Waals surface area contributed by atoms with E-state index in [9.17, 15) is 22.8 Å². The van der Waals surface area contributed by atoms with Crippen molar-refractivity contribution in [2.45, 2.75) is 12.7 Å². The van der Waals surface area contributed by atoms with E-state index in [4.69, 9.17) is 5.11 Å². The number of aromatic nitrogens is 2. The molecule has 2 heterocycles. The van der Waals surface area contributed by atoms with Crippen LogP contribution in [0, 0.1) is 0 Å². The normalized spacial score (nSPS) is 10.9. The van der Waals surface area contributed by atoms with Gasteiger partial charge in [-0.15, -0.1) is 0 Å². The summed E-state index contributed by atoms with van der Waals surface area (Å²) in [5, 5.41) is 16.0. The van der Waals surface area contributed by atoms with Crippen LogP contribution in [0.3, 0.4) is 0 Å². The number of halogens is 3. The molecule has 0 radical (unpaired) electrons. The molecule has 3 aromatic rings. The Morgan fingerprint density at radius 1 is 0.968 bits per heavy atom. The fraction of sp³-hybridized carbons (Fsp3) is 0.100. The van der Waals surface area contributed by atoms with Crippen molar-refractivity contribution in [2.75, 3.05) is 16.0 Å². The van der Waals surface area contributed by atoms with E-state index in [0.29, 0.717) is 18.7 Å². The van der Waals surface area contributed by atoms with Crippen LogP contribution in [-0.2, 0) is 12.7 Å². The van der Waals surface area contributed by atoms with Gasteiger partial charge in [0, 0.05) is 36.5 Å². The van der Waals surface area contributed by atoms with E-state index in [1.807, 2.05) is 5.32 Å². The van der Waals surface area contributed by atoms with Gasteiger partial charge >= 0.3 is 12.3 Å². The zero-order valence-corrected chi connectivity index (χ0v) is 15.8. The molecule has 11 heteroatoms. The number of amides is 2. The van der Waals surface area contributed by atoms with Crippen molar-refractivity contribution < 1.29 is 27.9 Å². The summed E-state index contributed by atoms with van der Waals surface area (Å²) in [7, 11) is 0. The molecule has 0 saturated heterocycles. The summed E-state index contributed by atoms with van der Waals surface area (Å²) in [4.78, 5) is 31.6. The van der Waals surface area contributed by atoms with Gasteiger partial charge in [0.15, 0.2) is 0 Å². The molecule has 31 heavy (non-hydrogen) atoms. The second-order valence-corrected chi connectivity index (χ2v) is 6.29. The van der Waals surface area contributed by atoms with Crippen LogP contribution in [0.25, 0.3) is 0 Å². The van der Waals surface area contributed by atoms with Gasteiger partial charge in [-0.25, -0.2) is 9.78 Å². The highest BCUT2D eigenvalue weighted by atomic mass is 19.4. The van der Waals surface area contributed by atoms with Crippen molar-refractivity contribution in [1.82, 2.24) is 9.97 Å². The van der Waals surface area contributed by atoms with Gasteiger partial charge in [-0.2, -0.15) is 13.2 Å². The number of anilines is 3. The van der Waals surface area contributed by atoms with E-state index in [2.05, 4.69) is 20.6 Å². The molecule has 0 bridgehead atoms. The first-order valence-corrected chi connectivity index (χ1v) is 8.84. The fourth-order valence-corrected chi connectivity index (χ4v) is 2.67. The first-order chi connectivity index (χ1) is 14.7. The quantitative estimate of drug-likeness (QED) is 0.458. The molecule has 2 amide bonds. The Kier molecular flexibility index (Phi) is 6.34. The standard InChI is InChI=1S/C20H16F3N5O3/c21-20(22,23)13-8-14(10-15(9-13)28-19(30)31)27-18(29)16-2-1-5-25-17(16)26-11-12-3-6-24-7-4-12/h1-10,28H,11H2,(H,25,26)(H,27,29)(H,30,31). The molecule has 0 aliphatic heterocycles. The van der Waals surface area contributed by atoms with Gasteiger partial charge in [0.1, 0.15) is 5.82 Å². The molecule has 8 nitrogen and oxygen atoms in total. The lowest BCUT2D eigenvalue weighted by Gasteiger charge is -2.14. The topological polar surface area (TPSA) is 116 Å². The van der Waals surface area contributed by atoms with E-state index in [1.54, 1.807) is 24.5 Å². The van der Waals surface area contributed by atoms with Crippen molar-refractivity contribution in [3.63, 3.8) is 0 Å². The highest BCUT2D eigenvalue weighted by Gasteiger charge is 2.31. The third-order valence-electron chi connectivity index (χ3n) is 4.03. The maximum atomic E-state index is 13.2. The van der Waals surface area contributed by atoms with E-state index in [-0.39, 0.29) is 22.8 Å². The molecule has 1 aromatic carbocycles. The van der Waals surface area contributed by atoms with Crippen LogP contribution in [0.15, 0.2) is 61.1 Å². The van der Waals surface area contributed by atoms with Crippen molar-refractivity contribution in [3.8, 4) is 0 Å². The van der Waals surface area contributed by atoms with Crippen LogP contribution < -0.4 is 16.0 Å². The van der Waals surface area contributed by atoms with Gasteiger partial charge in [0.05, 0.1) is 11.1 Å². The van der Waals surface area contributed by atoms with Crippen molar-refractivity contribution in [3.05, 3.63) is 77.7 Å². The van der Waals surface area contributed by atoms with Crippen LogP contribution >= 0.6 is 0 Å². The van der Waals surface area contributed by atoms with Crippen LogP contribution in [0.4, 0.5) is 35.2 Å². The predicted octanol–water partition coefficient (Wildman–Crippen LogP) is 4.45. The molecule has 4 N–H and O–H groups in total. The zero-order valence-electron chi connectivity index (χ0n) is 15.8. The number of hydrogen-bond donors (Lipinski definition) is 4. The molecule has 2 aromatic heterocycles. The van der Waals surface area contributed by atoms with Crippen LogP contribution in [-0.4, -0.2) is 27.1 Å². The molecule has 0 fully saturated rings. The maximum Gasteiger partial charge on any atom is 0.416 e. The van der Waals surface area contributed by atoms with Gasteiger partial charge in [0.2, 0.25) is 0 Å². The fourth-order valence-electron chi connectivity index (χ4n) is 2.67. The number of nitrogens with zero attached hydrogens (tertiary/aromatic N) is 2. The van der Waals surface area contributed by atoms with E-state index >= 15 is 0 Å². The average molecular weight is 431 g/mol. The van der Waals surface area contributed by atoms with Gasteiger partial charge in [-0.3, -0.25) is 15.1 Å². The van der Waals surface area contributed by atoms with Gasteiger partial charge in [0.25, 0.3) is 5.91 Å². The number of alkyl halides is 3. The lowest BCUT2D eigenvalue weighted by Crippen LogP contribution is -2.17. The Hall–Kier alpha value is -4.15. The van der Waals surface area contributed by atoms with E-state index < -0.39 is 23.7 Å². The maximum absolute atomic E-state index is 13.2. The van der Waals surface area contributed by atoms with Crippen molar-refractivity contribution in [2.24, 2.45) is 0 Å². The van der Waals surface area contributed by atoms with Crippen LogP contribution in [0.1, 0.15) is 21.5 Å². The monoisotopic (exact) mass is 431 g/mol. The zero-order chi connectivity index (χ0) is 22.4. The number of rotatable bonds is 6. The first kappa shape index (κ1) is 21.6. The number of hydrogen-bond acceptors (Lipinski definition) is 5. The number of carboxylic acid groups (broad SMARTS) is 1. The third-order valence-corrected chi connectivity index (χ3v) is 4.03. The Balaban J connectivity index is 1.83. The highest BCUT2D eigenvalue weighted by Crippen LogP contribution is 2.33. The number of carbonyl (C=O) groups excluding carboxylic acids is 1. The average Bonchev–Trinajstić information content (AvgIpc) is 2.72. The lowest BCUT2D eigenvalue weighted by molar-refractivity contribution is -0.137. The Morgan fingerprint density at radius 2 is 1.65 bits per heavy atom. The Morgan fingerprint density at radius 3 is 2.29 bits per heavy atom. The second-order valence-electron chi connectivity index (χ2n) is 6.29. The molecule has 160 valence electrons. The summed E-state index contributed by atoms with van der Waals surface area (Å²) in [5.41, 5.74) is -0.695. The largest absolute Gasteiger partial charge is 0.465 e. The van der Waals surface area contributed by atoms with E-state index in [1.165, 1.54) is 18.3 Å². The number of benzene rings is 1. The minimum Gasteiger partial charge on any atom is -0.465 e. The minimum absolute atomic E-state index is 0.0988. The summed E-state index contributed by atoms with van der Waals surface area (Å²) in [6, 6.07) is 8.95. The van der Waals surface area contributed by atoms with Gasteiger partial charge in [-0.05, 0) is 48.0 Å². The minimum atomic E-state index is -4.73. The summed E-state index contributed by atoms with van der Waals surface area (Å²) in [6.07, 6.45) is -1.59. The number of carbonyl (C=O) groups is 2. The molecular weight excluding hydrogens is 415 g/mol. The lowest BCUT2D eigenvalue weighted by atomic mass is 10.1. The molecule has 0 spiro atoms. The van der Waals surface area contributed by atoms with Gasteiger partial charge in [-0.1, -0.05) is 0 Å². The summed E-state index contributed by atoms with van der Waals surface area (Å²) in [6.45, 7) is 0.343. The molecule has 0 atom stereocenters. The molecule has 0 unspecified atom stereocenters. The Bertz CT molecular complexity index is 1090. The first-order valence-electron chi connectivity index (χ1n) is 8.84. The van der Waals surface area contributed by atoms with Gasteiger partial charge < -0.3 is 15.7 Å². The third kappa shape index (κ3) is 5.92. The van der Waals surface area contributed by atoms with E-state index in [0.717, 1.165) is 11.6 Å². The van der Waals surface area contributed by atoms with Crippen molar-refractivity contribution >= 4 is 29.2 Å². The predicted molar refractivity (Wildman–Crippen MR) is 107 cm³/mol. The smallest absolute Gasteiger partial charge is 0.416 e. The molecule has 3 rings (SSSR count). The molecule has 0 aliphatic rings. The number of pyridine rings is 2. The summed E-state index contributed by atoms with van der Waals surface area (Å²) < 4.78 is 39.5.